The molecular weight excluding hydrogens is 286 g/mol. The van der Waals surface area contributed by atoms with Crippen molar-refractivity contribution in [2.75, 3.05) is 13.6 Å². The molecule has 1 aliphatic heterocycles. The lowest BCUT2D eigenvalue weighted by Gasteiger charge is -2.15. The number of nitrogens with zero attached hydrogens (tertiary/aromatic N) is 1. The van der Waals surface area contributed by atoms with Gasteiger partial charge in [0, 0.05) is 26.2 Å². The van der Waals surface area contributed by atoms with Crippen molar-refractivity contribution in [2.24, 2.45) is 0 Å². The average molecular weight is 313 g/mol. The standard InChI is InChI=1S/C15H27N3O2S/c1-12(2)21-13-11-14(19)18(15(13)20)10-8-6-4-5-7-9-17-16-3/h7,9,12-13,16-17H,4-6,8,10-11H2,1-3H3. The van der Waals surface area contributed by atoms with Gasteiger partial charge in [0.2, 0.25) is 11.8 Å². The number of thioether (sulfide) groups is 1. The highest BCUT2D eigenvalue weighted by molar-refractivity contribution is 8.01. The number of hydrogen-bond donors (Lipinski definition) is 2. The second-order valence-corrected chi connectivity index (χ2v) is 7.19. The lowest BCUT2D eigenvalue weighted by atomic mass is 10.2. The summed E-state index contributed by atoms with van der Waals surface area (Å²) in [6.07, 6.45) is 8.32. The van der Waals surface area contributed by atoms with Crippen LogP contribution in [0.1, 0.15) is 46.0 Å². The Bertz CT molecular complexity index is 372. The maximum atomic E-state index is 12.1. The number of hydrogen-bond acceptors (Lipinski definition) is 5. The summed E-state index contributed by atoms with van der Waals surface area (Å²) in [4.78, 5) is 25.5. The van der Waals surface area contributed by atoms with Gasteiger partial charge < -0.3 is 5.43 Å². The maximum absolute atomic E-state index is 12.1. The second kappa shape index (κ2) is 9.84. The topological polar surface area (TPSA) is 61.4 Å². The second-order valence-electron chi connectivity index (χ2n) is 5.41. The predicted octanol–water partition coefficient (Wildman–Crippen LogP) is 2.05. The zero-order valence-electron chi connectivity index (χ0n) is 13.2. The highest BCUT2D eigenvalue weighted by Crippen LogP contribution is 2.28. The number of likely N-dealkylation sites (tertiary alicyclic amines) is 1. The smallest absolute Gasteiger partial charge is 0.242 e. The van der Waals surface area contributed by atoms with Gasteiger partial charge in [0.25, 0.3) is 0 Å². The first-order valence-electron chi connectivity index (χ1n) is 7.63. The molecule has 0 bridgehead atoms. The van der Waals surface area contributed by atoms with Crippen molar-refractivity contribution in [3.8, 4) is 0 Å². The molecule has 0 aromatic rings. The number of carbonyl (C=O) groups is 2. The number of imide groups is 1. The SMILES string of the molecule is CNNC=CCCCCCN1C(=O)CC(SC(C)C)C1=O. The number of rotatable bonds is 10. The molecule has 0 spiro atoms. The molecule has 1 saturated heterocycles. The van der Waals surface area contributed by atoms with Crippen molar-refractivity contribution in [3.63, 3.8) is 0 Å². The van der Waals surface area contributed by atoms with Crippen LogP contribution in [0.3, 0.4) is 0 Å². The van der Waals surface area contributed by atoms with Gasteiger partial charge in [-0.05, 0) is 24.5 Å². The van der Waals surface area contributed by atoms with Gasteiger partial charge in [0.1, 0.15) is 0 Å². The minimum atomic E-state index is -0.159. The van der Waals surface area contributed by atoms with Crippen LogP contribution in [0.2, 0.25) is 0 Å². The molecule has 0 aromatic carbocycles. The Morgan fingerprint density at radius 2 is 2.10 bits per heavy atom. The van der Waals surface area contributed by atoms with E-state index in [1.807, 2.05) is 13.2 Å². The summed E-state index contributed by atoms with van der Waals surface area (Å²) in [5, 5.41) is 0.220. The molecule has 1 rings (SSSR count). The number of nitrogens with one attached hydrogen (secondary N) is 2. The first kappa shape index (κ1) is 18.0. The highest BCUT2D eigenvalue weighted by atomic mass is 32.2. The Morgan fingerprint density at radius 1 is 1.33 bits per heavy atom. The van der Waals surface area contributed by atoms with Crippen molar-refractivity contribution < 1.29 is 9.59 Å². The molecule has 0 aliphatic carbocycles. The van der Waals surface area contributed by atoms with Crippen molar-refractivity contribution in [1.29, 1.82) is 0 Å². The van der Waals surface area contributed by atoms with E-state index in [1.165, 1.54) is 4.90 Å². The van der Waals surface area contributed by atoms with E-state index >= 15 is 0 Å². The molecule has 120 valence electrons. The van der Waals surface area contributed by atoms with Gasteiger partial charge in [-0.25, -0.2) is 5.43 Å². The lowest BCUT2D eigenvalue weighted by Crippen LogP contribution is -2.32. The summed E-state index contributed by atoms with van der Waals surface area (Å²) in [5.41, 5.74) is 5.70. The Morgan fingerprint density at radius 3 is 2.76 bits per heavy atom. The van der Waals surface area contributed by atoms with Crippen LogP contribution in [0.5, 0.6) is 0 Å². The van der Waals surface area contributed by atoms with E-state index < -0.39 is 0 Å². The van der Waals surface area contributed by atoms with Crippen LogP contribution in [0, 0.1) is 0 Å². The molecule has 1 heterocycles. The number of carbonyl (C=O) groups excluding carboxylic acids is 2. The van der Waals surface area contributed by atoms with Crippen LogP contribution in [0.4, 0.5) is 0 Å². The van der Waals surface area contributed by atoms with E-state index in [4.69, 9.17) is 0 Å². The first-order chi connectivity index (χ1) is 10.1. The summed E-state index contributed by atoms with van der Waals surface area (Å²) < 4.78 is 0. The molecule has 5 nitrogen and oxygen atoms in total. The van der Waals surface area contributed by atoms with Crippen LogP contribution < -0.4 is 10.9 Å². The molecule has 0 aromatic heterocycles. The maximum Gasteiger partial charge on any atom is 0.242 e. The molecule has 0 radical (unpaired) electrons. The normalized spacial score (nSPS) is 19.2. The van der Waals surface area contributed by atoms with Gasteiger partial charge >= 0.3 is 0 Å². The third kappa shape index (κ3) is 6.52. The molecular formula is C15H27N3O2S. The molecule has 1 aliphatic rings. The molecule has 1 unspecified atom stereocenters. The fourth-order valence-corrected chi connectivity index (χ4v) is 3.40. The molecule has 1 fully saturated rings. The average Bonchev–Trinajstić information content (AvgIpc) is 2.68. The van der Waals surface area contributed by atoms with Gasteiger partial charge in [0.05, 0.1) is 5.25 Å². The summed E-state index contributed by atoms with van der Waals surface area (Å²) in [6, 6.07) is 0. The monoisotopic (exact) mass is 313 g/mol. The third-order valence-electron chi connectivity index (χ3n) is 3.24. The van der Waals surface area contributed by atoms with Crippen LogP contribution in [-0.2, 0) is 9.59 Å². The van der Waals surface area contributed by atoms with E-state index in [0.717, 1.165) is 25.7 Å². The Kier molecular flexibility index (Phi) is 8.45. The summed E-state index contributed by atoms with van der Waals surface area (Å²) in [6.45, 7) is 4.69. The Hall–Kier alpha value is -1.01. The number of unbranched alkanes of at least 4 members (excludes halogenated alkanes) is 3. The molecule has 1 atom stereocenters. The zero-order valence-corrected chi connectivity index (χ0v) is 14.0. The molecule has 2 N–H and O–H groups in total. The summed E-state index contributed by atoms with van der Waals surface area (Å²) in [5.74, 6) is 0.00748. The van der Waals surface area contributed by atoms with Gasteiger partial charge in [-0.3, -0.25) is 14.5 Å². The fourth-order valence-electron chi connectivity index (χ4n) is 2.26. The van der Waals surface area contributed by atoms with Crippen LogP contribution in [0.25, 0.3) is 0 Å². The highest BCUT2D eigenvalue weighted by Gasteiger charge is 2.38. The Balaban J connectivity index is 2.20. The predicted molar refractivity (Wildman–Crippen MR) is 87.7 cm³/mol. The molecule has 2 amide bonds. The summed E-state index contributed by atoms with van der Waals surface area (Å²) >= 11 is 1.60. The number of allylic oxidation sites excluding steroid dienone is 1. The third-order valence-corrected chi connectivity index (χ3v) is 4.48. The number of hydrazine groups is 1. The van der Waals surface area contributed by atoms with E-state index in [1.54, 1.807) is 11.8 Å². The van der Waals surface area contributed by atoms with Crippen LogP contribution >= 0.6 is 11.8 Å². The Labute approximate surface area is 131 Å². The largest absolute Gasteiger partial charge is 0.329 e. The van der Waals surface area contributed by atoms with Crippen molar-refractivity contribution in [1.82, 2.24) is 15.8 Å². The minimum absolute atomic E-state index is 0.00346. The van der Waals surface area contributed by atoms with Crippen molar-refractivity contribution >= 4 is 23.6 Å². The first-order valence-corrected chi connectivity index (χ1v) is 8.57. The van der Waals surface area contributed by atoms with E-state index in [-0.39, 0.29) is 17.1 Å². The van der Waals surface area contributed by atoms with Crippen molar-refractivity contribution in [2.45, 2.75) is 56.5 Å². The summed E-state index contributed by atoms with van der Waals surface area (Å²) in [7, 11) is 1.82. The fraction of sp³-hybridized carbons (Fsp3) is 0.733. The van der Waals surface area contributed by atoms with Gasteiger partial charge in [-0.15, -0.1) is 11.8 Å². The van der Waals surface area contributed by atoms with E-state index in [2.05, 4.69) is 30.8 Å². The number of amides is 2. The van der Waals surface area contributed by atoms with E-state index in [0.29, 0.717) is 18.2 Å². The van der Waals surface area contributed by atoms with Crippen LogP contribution in [-0.4, -0.2) is 40.8 Å². The zero-order chi connectivity index (χ0) is 15.7. The van der Waals surface area contributed by atoms with Crippen molar-refractivity contribution in [3.05, 3.63) is 12.3 Å². The molecule has 21 heavy (non-hydrogen) atoms. The van der Waals surface area contributed by atoms with E-state index in [9.17, 15) is 9.59 Å². The minimum Gasteiger partial charge on any atom is -0.329 e. The van der Waals surface area contributed by atoms with Gasteiger partial charge in [-0.2, -0.15) is 0 Å². The molecule has 0 saturated carbocycles. The van der Waals surface area contributed by atoms with Gasteiger partial charge in [-0.1, -0.05) is 26.3 Å². The van der Waals surface area contributed by atoms with Gasteiger partial charge in [0.15, 0.2) is 0 Å². The molecule has 6 heteroatoms. The lowest BCUT2D eigenvalue weighted by molar-refractivity contribution is -0.138. The van der Waals surface area contributed by atoms with Crippen LogP contribution in [0.15, 0.2) is 12.3 Å². The quantitative estimate of drug-likeness (QED) is 0.367.